The molecule has 0 unspecified atom stereocenters. The third-order valence-corrected chi connectivity index (χ3v) is 2.46. The Morgan fingerprint density at radius 1 is 1.16 bits per heavy atom. The van der Waals surface area contributed by atoms with E-state index in [1.165, 1.54) is 12.3 Å². The highest BCUT2D eigenvalue weighted by Crippen LogP contribution is 2.10. The fourth-order valence-corrected chi connectivity index (χ4v) is 1.51. The predicted molar refractivity (Wildman–Crippen MR) is 61.7 cm³/mol. The van der Waals surface area contributed by atoms with Gasteiger partial charge in [-0.15, -0.1) is 0 Å². The van der Waals surface area contributed by atoms with Crippen molar-refractivity contribution >= 4 is 5.91 Å². The summed E-state index contributed by atoms with van der Waals surface area (Å²) in [5, 5.41) is 2.31. The number of hydrogen-bond acceptors (Lipinski definition) is 2. The highest BCUT2D eigenvalue weighted by Gasteiger charge is 2.12. The van der Waals surface area contributed by atoms with Gasteiger partial charge in [0.25, 0.3) is 5.91 Å². The van der Waals surface area contributed by atoms with Crippen LogP contribution in [-0.2, 0) is 6.54 Å². The Labute approximate surface area is 107 Å². The molecular weight excluding hydrogens is 257 g/mol. The van der Waals surface area contributed by atoms with E-state index in [0.717, 1.165) is 24.4 Å². The molecule has 1 aromatic heterocycles. The molecule has 1 amide bonds. The second-order valence-electron chi connectivity index (χ2n) is 3.77. The normalized spacial score (nSPS) is 10.3. The van der Waals surface area contributed by atoms with Crippen molar-refractivity contribution in [1.29, 1.82) is 0 Å². The molecule has 0 saturated carbocycles. The van der Waals surface area contributed by atoms with Gasteiger partial charge in [-0.3, -0.25) is 9.78 Å². The molecule has 0 bridgehead atoms. The van der Waals surface area contributed by atoms with Gasteiger partial charge in [-0.25, -0.2) is 13.2 Å². The van der Waals surface area contributed by atoms with Crippen LogP contribution < -0.4 is 5.32 Å². The zero-order valence-electron chi connectivity index (χ0n) is 9.66. The second kappa shape index (κ2) is 5.51. The highest BCUT2D eigenvalue weighted by atomic mass is 19.1. The van der Waals surface area contributed by atoms with E-state index >= 15 is 0 Å². The third kappa shape index (κ3) is 3.09. The Morgan fingerprint density at radius 3 is 2.68 bits per heavy atom. The van der Waals surface area contributed by atoms with Crippen LogP contribution in [0.5, 0.6) is 0 Å². The van der Waals surface area contributed by atoms with E-state index in [9.17, 15) is 18.0 Å². The van der Waals surface area contributed by atoms with E-state index in [1.807, 2.05) is 0 Å². The van der Waals surface area contributed by atoms with Crippen molar-refractivity contribution in [3.05, 3.63) is 65.2 Å². The standard InChI is InChI=1S/C13H9F3N2O/c14-9-1-2-11(15)8(5-9)6-18-13(19)10-3-4-17-7-12(10)16/h1-5,7H,6H2,(H,18,19). The predicted octanol–water partition coefficient (Wildman–Crippen LogP) is 2.43. The number of amides is 1. The first-order valence-corrected chi connectivity index (χ1v) is 5.39. The van der Waals surface area contributed by atoms with E-state index in [1.54, 1.807) is 0 Å². The number of carbonyl (C=O) groups is 1. The van der Waals surface area contributed by atoms with Crippen LogP contribution in [0.2, 0.25) is 0 Å². The minimum absolute atomic E-state index is 0.0113. The van der Waals surface area contributed by atoms with Crippen LogP contribution in [0.25, 0.3) is 0 Å². The highest BCUT2D eigenvalue weighted by molar-refractivity contribution is 5.94. The van der Waals surface area contributed by atoms with Gasteiger partial charge in [0.1, 0.15) is 11.6 Å². The van der Waals surface area contributed by atoms with E-state index in [2.05, 4.69) is 10.3 Å². The van der Waals surface area contributed by atoms with Crippen molar-refractivity contribution in [2.75, 3.05) is 0 Å². The first-order valence-electron chi connectivity index (χ1n) is 5.39. The van der Waals surface area contributed by atoms with Gasteiger partial charge in [-0.2, -0.15) is 0 Å². The van der Waals surface area contributed by atoms with Crippen LogP contribution >= 0.6 is 0 Å². The summed E-state index contributed by atoms with van der Waals surface area (Å²) >= 11 is 0. The molecule has 6 heteroatoms. The minimum atomic E-state index is -0.778. The average molecular weight is 266 g/mol. The number of carbonyl (C=O) groups excluding carboxylic acids is 1. The van der Waals surface area contributed by atoms with Gasteiger partial charge >= 0.3 is 0 Å². The van der Waals surface area contributed by atoms with E-state index in [-0.39, 0.29) is 17.7 Å². The number of nitrogens with zero attached hydrogens (tertiary/aromatic N) is 1. The smallest absolute Gasteiger partial charge is 0.254 e. The molecule has 2 aromatic rings. The summed E-state index contributed by atoms with van der Waals surface area (Å²) in [5.41, 5.74) is -0.213. The monoisotopic (exact) mass is 266 g/mol. The van der Waals surface area contributed by atoms with E-state index in [4.69, 9.17) is 0 Å². The quantitative estimate of drug-likeness (QED) is 0.927. The summed E-state index contributed by atoms with van der Waals surface area (Å²) in [5.74, 6) is -2.75. The van der Waals surface area contributed by atoms with Crippen molar-refractivity contribution < 1.29 is 18.0 Å². The molecule has 0 atom stereocenters. The SMILES string of the molecule is O=C(NCc1cc(F)ccc1F)c1ccncc1F. The lowest BCUT2D eigenvalue weighted by Gasteiger charge is -2.07. The average Bonchev–Trinajstić information content (AvgIpc) is 2.40. The van der Waals surface area contributed by atoms with Crippen molar-refractivity contribution in [2.24, 2.45) is 0 Å². The molecule has 0 fully saturated rings. The lowest BCUT2D eigenvalue weighted by molar-refractivity contribution is 0.0946. The summed E-state index contributed by atoms with van der Waals surface area (Å²) in [6, 6.07) is 4.11. The molecule has 0 aliphatic carbocycles. The van der Waals surface area contributed by atoms with E-state index in [0.29, 0.717) is 0 Å². The maximum Gasteiger partial charge on any atom is 0.254 e. The second-order valence-corrected chi connectivity index (χ2v) is 3.77. The van der Waals surface area contributed by atoms with Gasteiger partial charge in [0.15, 0.2) is 5.82 Å². The molecule has 0 radical (unpaired) electrons. The van der Waals surface area contributed by atoms with Gasteiger partial charge in [0.05, 0.1) is 11.8 Å². The van der Waals surface area contributed by atoms with Crippen molar-refractivity contribution in [3.8, 4) is 0 Å². The van der Waals surface area contributed by atoms with Gasteiger partial charge in [-0.1, -0.05) is 0 Å². The maximum absolute atomic E-state index is 13.3. The van der Waals surface area contributed by atoms with Crippen LogP contribution in [0.4, 0.5) is 13.2 Å². The zero-order valence-corrected chi connectivity index (χ0v) is 9.66. The minimum Gasteiger partial charge on any atom is -0.348 e. The Bertz CT molecular complexity index is 617. The van der Waals surface area contributed by atoms with Gasteiger partial charge < -0.3 is 5.32 Å². The molecule has 0 aliphatic rings. The van der Waals surface area contributed by atoms with Crippen LogP contribution in [-0.4, -0.2) is 10.9 Å². The summed E-state index contributed by atoms with van der Waals surface area (Å²) in [4.78, 5) is 15.1. The maximum atomic E-state index is 13.3. The molecule has 0 aliphatic heterocycles. The molecule has 1 heterocycles. The van der Waals surface area contributed by atoms with Crippen LogP contribution in [0, 0.1) is 17.5 Å². The van der Waals surface area contributed by atoms with Gasteiger partial charge in [-0.05, 0) is 24.3 Å². The lowest BCUT2D eigenvalue weighted by atomic mass is 10.2. The Morgan fingerprint density at radius 2 is 1.95 bits per heavy atom. The molecule has 3 nitrogen and oxygen atoms in total. The molecule has 1 aromatic carbocycles. The van der Waals surface area contributed by atoms with Gasteiger partial charge in [0.2, 0.25) is 0 Å². The fourth-order valence-electron chi connectivity index (χ4n) is 1.51. The Kier molecular flexibility index (Phi) is 3.79. The number of pyridine rings is 1. The number of benzene rings is 1. The molecule has 1 N–H and O–H groups in total. The van der Waals surface area contributed by atoms with Crippen LogP contribution in [0.1, 0.15) is 15.9 Å². The largest absolute Gasteiger partial charge is 0.348 e. The summed E-state index contributed by atoms with van der Waals surface area (Å²) < 4.78 is 39.5. The topological polar surface area (TPSA) is 42.0 Å². The number of rotatable bonds is 3. The molecule has 0 saturated heterocycles. The number of nitrogens with one attached hydrogen (secondary N) is 1. The van der Waals surface area contributed by atoms with Crippen LogP contribution in [0.3, 0.4) is 0 Å². The third-order valence-electron chi connectivity index (χ3n) is 2.46. The van der Waals surface area contributed by atoms with Gasteiger partial charge in [0, 0.05) is 18.3 Å². The molecule has 98 valence electrons. The molecule has 0 spiro atoms. The number of aromatic nitrogens is 1. The van der Waals surface area contributed by atoms with Crippen molar-refractivity contribution in [1.82, 2.24) is 10.3 Å². The van der Waals surface area contributed by atoms with Crippen molar-refractivity contribution in [3.63, 3.8) is 0 Å². The summed E-state index contributed by atoms with van der Waals surface area (Å²) in [7, 11) is 0. The van der Waals surface area contributed by atoms with E-state index < -0.39 is 23.4 Å². The van der Waals surface area contributed by atoms with Crippen LogP contribution in [0.15, 0.2) is 36.7 Å². The number of halogens is 3. The van der Waals surface area contributed by atoms with Crippen molar-refractivity contribution in [2.45, 2.75) is 6.54 Å². The lowest BCUT2D eigenvalue weighted by Crippen LogP contribution is -2.24. The first kappa shape index (κ1) is 13.1. The fraction of sp³-hybridized carbons (Fsp3) is 0.0769. The Hall–Kier alpha value is -2.37. The first-order chi connectivity index (χ1) is 9.08. The molecular formula is C13H9F3N2O. The summed E-state index contributed by atoms with van der Waals surface area (Å²) in [6.07, 6.45) is 2.17. The molecule has 2 rings (SSSR count). The Balaban J connectivity index is 2.09. The summed E-state index contributed by atoms with van der Waals surface area (Å²) in [6.45, 7) is -0.232. The molecule has 19 heavy (non-hydrogen) atoms. The zero-order chi connectivity index (χ0) is 13.8. The number of hydrogen-bond donors (Lipinski definition) is 1.